The molecular formula is C22H26ClN3O2. The van der Waals surface area contributed by atoms with Crippen LogP contribution in [0.25, 0.3) is 0 Å². The van der Waals surface area contributed by atoms with Gasteiger partial charge in [0.15, 0.2) is 0 Å². The van der Waals surface area contributed by atoms with Gasteiger partial charge in [0.05, 0.1) is 6.04 Å². The lowest BCUT2D eigenvalue weighted by Crippen LogP contribution is -2.59. The van der Waals surface area contributed by atoms with Gasteiger partial charge in [-0.2, -0.15) is 0 Å². The molecule has 3 amide bonds. The summed E-state index contributed by atoms with van der Waals surface area (Å²) in [7, 11) is 0. The average molecular weight is 400 g/mol. The molecule has 0 spiro atoms. The Morgan fingerprint density at radius 3 is 2.32 bits per heavy atom. The molecule has 5 nitrogen and oxygen atoms in total. The van der Waals surface area contributed by atoms with E-state index in [0.717, 1.165) is 24.0 Å². The highest BCUT2D eigenvalue weighted by Gasteiger charge is 2.42. The third-order valence-electron chi connectivity index (χ3n) is 5.26. The Kier molecular flexibility index (Phi) is 6.57. The van der Waals surface area contributed by atoms with Gasteiger partial charge in [-0.1, -0.05) is 66.9 Å². The summed E-state index contributed by atoms with van der Waals surface area (Å²) in [6.45, 7) is 2.35. The fourth-order valence-electron chi connectivity index (χ4n) is 3.60. The maximum Gasteiger partial charge on any atom is 0.315 e. The van der Waals surface area contributed by atoms with E-state index in [-0.39, 0.29) is 18.0 Å². The van der Waals surface area contributed by atoms with Crippen molar-refractivity contribution < 1.29 is 9.59 Å². The van der Waals surface area contributed by atoms with Crippen LogP contribution in [0, 0.1) is 0 Å². The Morgan fingerprint density at radius 2 is 1.68 bits per heavy atom. The first kappa shape index (κ1) is 20.2. The lowest BCUT2D eigenvalue weighted by atomic mass is 9.95. The van der Waals surface area contributed by atoms with Gasteiger partial charge in [0.1, 0.15) is 5.54 Å². The lowest BCUT2D eigenvalue weighted by molar-refractivity contribution is -0.127. The van der Waals surface area contributed by atoms with Crippen molar-refractivity contribution in [3.63, 3.8) is 0 Å². The van der Waals surface area contributed by atoms with Crippen molar-refractivity contribution in [2.24, 2.45) is 0 Å². The predicted octanol–water partition coefficient (Wildman–Crippen LogP) is 4.33. The Balaban J connectivity index is 1.61. The second kappa shape index (κ2) is 9.11. The lowest BCUT2D eigenvalue weighted by Gasteiger charge is -2.30. The number of rotatable bonds is 6. The van der Waals surface area contributed by atoms with Gasteiger partial charge in [0.2, 0.25) is 5.91 Å². The predicted molar refractivity (Wildman–Crippen MR) is 111 cm³/mol. The summed E-state index contributed by atoms with van der Waals surface area (Å²) < 4.78 is 0. The minimum absolute atomic E-state index is 0.137. The molecule has 1 saturated carbocycles. The van der Waals surface area contributed by atoms with E-state index in [0.29, 0.717) is 24.4 Å². The third-order valence-corrected chi connectivity index (χ3v) is 5.51. The number of amides is 3. The highest BCUT2D eigenvalue weighted by atomic mass is 35.5. The van der Waals surface area contributed by atoms with Gasteiger partial charge in [0, 0.05) is 11.6 Å². The van der Waals surface area contributed by atoms with Crippen molar-refractivity contribution in [1.29, 1.82) is 0 Å². The average Bonchev–Trinajstić information content (AvgIpc) is 3.17. The molecule has 2 aromatic carbocycles. The molecule has 6 heteroatoms. The molecular weight excluding hydrogens is 374 g/mol. The zero-order valence-corrected chi connectivity index (χ0v) is 16.8. The summed E-state index contributed by atoms with van der Waals surface area (Å²) in [5.74, 6) is -0.137. The van der Waals surface area contributed by atoms with E-state index in [2.05, 4.69) is 16.0 Å². The van der Waals surface area contributed by atoms with Crippen LogP contribution in [0.1, 0.15) is 49.8 Å². The van der Waals surface area contributed by atoms with Crippen LogP contribution in [-0.2, 0) is 11.3 Å². The number of carbonyl (C=O) groups excluding carboxylic acids is 2. The molecule has 0 bridgehead atoms. The van der Waals surface area contributed by atoms with Crippen LogP contribution < -0.4 is 16.0 Å². The fourth-order valence-corrected chi connectivity index (χ4v) is 3.72. The molecule has 28 heavy (non-hydrogen) atoms. The Labute approximate surface area is 170 Å². The smallest absolute Gasteiger partial charge is 0.315 e. The van der Waals surface area contributed by atoms with E-state index in [1.165, 1.54) is 0 Å². The quantitative estimate of drug-likeness (QED) is 0.676. The van der Waals surface area contributed by atoms with Crippen molar-refractivity contribution >= 4 is 23.5 Å². The molecule has 3 N–H and O–H groups in total. The molecule has 1 aliphatic rings. The first-order chi connectivity index (χ1) is 13.5. The molecule has 1 aliphatic carbocycles. The largest absolute Gasteiger partial charge is 0.348 e. The van der Waals surface area contributed by atoms with Gasteiger partial charge in [-0.05, 0) is 43.0 Å². The van der Waals surface area contributed by atoms with Crippen molar-refractivity contribution in [2.45, 2.75) is 50.7 Å². The molecule has 0 radical (unpaired) electrons. The van der Waals surface area contributed by atoms with Crippen LogP contribution in [0.4, 0.5) is 4.79 Å². The number of hydrogen-bond donors (Lipinski definition) is 3. The van der Waals surface area contributed by atoms with E-state index in [1.54, 1.807) is 12.1 Å². The summed E-state index contributed by atoms with van der Waals surface area (Å²) in [5.41, 5.74) is 1.12. The van der Waals surface area contributed by atoms with E-state index in [1.807, 2.05) is 49.4 Å². The first-order valence-corrected chi connectivity index (χ1v) is 10.0. The van der Waals surface area contributed by atoms with Gasteiger partial charge in [-0.15, -0.1) is 0 Å². The Bertz CT molecular complexity index is 802. The van der Waals surface area contributed by atoms with Crippen LogP contribution >= 0.6 is 11.6 Å². The number of benzene rings is 2. The van der Waals surface area contributed by atoms with Gasteiger partial charge in [-0.3, -0.25) is 4.79 Å². The third kappa shape index (κ3) is 5.04. The van der Waals surface area contributed by atoms with Gasteiger partial charge in [-0.25, -0.2) is 4.79 Å². The van der Waals surface area contributed by atoms with Crippen molar-refractivity contribution in [1.82, 2.24) is 16.0 Å². The van der Waals surface area contributed by atoms with E-state index < -0.39 is 5.54 Å². The topological polar surface area (TPSA) is 70.2 Å². The molecule has 148 valence electrons. The standard InChI is InChI=1S/C22H26ClN3O2/c1-16(18-9-11-19(23)12-10-18)25-20(27)22(13-5-6-14-22)26-21(28)24-15-17-7-3-2-4-8-17/h2-4,7-12,16H,5-6,13-15H2,1H3,(H,25,27)(H2,24,26,28). The highest BCUT2D eigenvalue weighted by molar-refractivity contribution is 6.30. The van der Waals surface area contributed by atoms with Gasteiger partial charge < -0.3 is 16.0 Å². The summed E-state index contributed by atoms with van der Waals surface area (Å²) in [4.78, 5) is 25.5. The van der Waals surface area contributed by atoms with E-state index in [9.17, 15) is 9.59 Å². The molecule has 0 aromatic heterocycles. The number of hydrogen-bond acceptors (Lipinski definition) is 2. The number of urea groups is 1. The fraction of sp³-hybridized carbons (Fsp3) is 0.364. The first-order valence-electron chi connectivity index (χ1n) is 9.65. The number of halogens is 1. The molecule has 3 rings (SSSR count). The van der Waals surface area contributed by atoms with Gasteiger partial charge >= 0.3 is 6.03 Å². The Morgan fingerprint density at radius 1 is 1.04 bits per heavy atom. The van der Waals surface area contributed by atoms with Gasteiger partial charge in [0.25, 0.3) is 0 Å². The minimum atomic E-state index is -0.860. The van der Waals surface area contributed by atoms with E-state index in [4.69, 9.17) is 11.6 Å². The summed E-state index contributed by atoms with van der Waals surface area (Å²) in [5, 5.41) is 9.51. The van der Waals surface area contributed by atoms with Crippen LogP contribution in [-0.4, -0.2) is 17.5 Å². The van der Waals surface area contributed by atoms with Crippen molar-refractivity contribution in [3.8, 4) is 0 Å². The zero-order chi connectivity index (χ0) is 20.0. The number of carbonyl (C=O) groups is 2. The summed E-state index contributed by atoms with van der Waals surface area (Å²) in [6, 6.07) is 16.6. The molecule has 1 atom stereocenters. The monoisotopic (exact) mass is 399 g/mol. The maximum absolute atomic E-state index is 13.0. The van der Waals surface area contributed by atoms with Crippen LogP contribution in [0.5, 0.6) is 0 Å². The van der Waals surface area contributed by atoms with Crippen molar-refractivity contribution in [2.75, 3.05) is 0 Å². The molecule has 1 fully saturated rings. The number of nitrogens with one attached hydrogen (secondary N) is 3. The SMILES string of the molecule is CC(NC(=O)C1(NC(=O)NCc2ccccc2)CCCC1)c1ccc(Cl)cc1. The molecule has 2 aromatic rings. The molecule has 0 aliphatic heterocycles. The second-order valence-corrected chi connectivity index (χ2v) is 7.77. The molecule has 0 heterocycles. The highest BCUT2D eigenvalue weighted by Crippen LogP contribution is 2.31. The Hall–Kier alpha value is -2.53. The second-order valence-electron chi connectivity index (χ2n) is 7.33. The van der Waals surface area contributed by atoms with Crippen LogP contribution in [0.15, 0.2) is 54.6 Å². The summed E-state index contributed by atoms with van der Waals surface area (Å²) >= 11 is 5.94. The van der Waals surface area contributed by atoms with E-state index >= 15 is 0 Å². The van der Waals surface area contributed by atoms with Crippen molar-refractivity contribution in [3.05, 3.63) is 70.7 Å². The van der Waals surface area contributed by atoms with Crippen LogP contribution in [0.3, 0.4) is 0 Å². The summed E-state index contributed by atoms with van der Waals surface area (Å²) in [6.07, 6.45) is 3.12. The van der Waals surface area contributed by atoms with Crippen LogP contribution in [0.2, 0.25) is 5.02 Å². The molecule has 1 unspecified atom stereocenters. The zero-order valence-electron chi connectivity index (χ0n) is 16.0. The normalized spacial score (nSPS) is 16.2. The molecule has 0 saturated heterocycles. The minimum Gasteiger partial charge on any atom is -0.348 e. The maximum atomic E-state index is 13.0.